The minimum atomic E-state index is -1.13. The average molecular weight is 389 g/mol. The van der Waals surface area contributed by atoms with Gasteiger partial charge in [-0.1, -0.05) is 36.6 Å². The third kappa shape index (κ3) is 3.90. The molecule has 1 aromatic carbocycles. The van der Waals surface area contributed by atoms with E-state index in [0.717, 1.165) is 19.3 Å². The van der Waals surface area contributed by atoms with Crippen molar-refractivity contribution in [2.24, 2.45) is 0 Å². The molecular weight excluding hydrogens is 365 g/mol. The number of hydrogen-bond acceptors (Lipinski definition) is 5. The standard InChI is InChI=1S/C20H24FN3O4/c1-13-6-7-14(12-15(13)21)18-22-16(28-23-18)8-9-17(25)24(2)20(19(26)27)10-4-3-5-11-20/h6-7,12H,3-5,8-11H2,1-2H3,(H,26,27). The lowest BCUT2D eigenvalue weighted by Gasteiger charge is -2.41. The smallest absolute Gasteiger partial charge is 0.329 e. The molecule has 0 unspecified atom stereocenters. The van der Waals surface area contributed by atoms with Crippen molar-refractivity contribution in [1.29, 1.82) is 0 Å². The first kappa shape index (κ1) is 20.0. The quantitative estimate of drug-likeness (QED) is 0.814. The van der Waals surface area contributed by atoms with Gasteiger partial charge in [-0.15, -0.1) is 0 Å². The molecule has 0 saturated heterocycles. The summed E-state index contributed by atoms with van der Waals surface area (Å²) in [6, 6.07) is 4.67. The summed E-state index contributed by atoms with van der Waals surface area (Å²) in [5.41, 5.74) is -0.112. The van der Waals surface area contributed by atoms with E-state index in [9.17, 15) is 19.1 Å². The number of benzene rings is 1. The molecule has 1 amide bonds. The van der Waals surface area contributed by atoms with Crippen LogP contribution in [0.1, 0.15) is 50.0 Å². The van der Waals surface area contributed by atoms with Crippen LogP contribution in [0.15, 0.2) is 22.7 Å². The van der Waals surface area contributed by atoms with Crippen LogP contribution in [0.3, 0.4) is 0 Å². The van der Waals surface area contributed by atoms with Gasteiger partial charge in [-0.2, -0.15) is 4.98 Å². The van der Waals surface area contributed by atoms with Gasteiger partial charge in [0.1, 0.15) is 11.4 Å². The number of carboxylic acid groups (broad SMARTS) is 1. The highest BCUT2D eigenvalue weighted by Crippen LogP contribution is 2.33. The molecule has 1 N–H and O–H groups in total. The number of carbonyl (C=O) groups excluding carboxylic acids is 1. The predicted molar refractivity (Wildman–Crippen MR) is 99.0 cm³/mol. The lowest BCUT2D eigenvalue weighted by atomic mass is 9.80. The Hall–Kier alpha value is -2.77. The van der Waals surface area contributed by atoms with Crippen molar-refractivity contribution < 1.29 is 23.6 Å². The summed E-state index contributed by atoms with van der Waals surface area (Å²) in [7, 11) is 1.55. The van der Waals surface area contributed by atoms with Gasteiger partial charge in [0.05, 0.1) is 0 Å². The Kier molecular flexibility index (Phi) is 5.76. The maximum absolute atomic E-state index is 13.7. The minimum Gasteiger partial charge on any atom is -0.479 e. The molecular formula is C20H24FN3O4. The number of aromatic nitrogens is 2. The molecule has 0 bridgehead atoms. The second kappa shape index (κ2) is 8.08. The summed E-state index contributed by atoms with van der Waals surface area (Å²) in [5.74, 6) is -1.07. The highest BCUT2D eigenvalue weighted by atomic mass is 19.1. The molecule has 1 saturated carbocycles. The number of likely N-dealkylation sites (N-methyl/N-ethyl adjacent to an activating group) is 1. The third-order valence-electron chi connectivity index (χ3n) is 5.55. The van der Waals surface area contributed by atoms with Crippen LogP contribution in [0, 0.1) is 12.7 Å². The SMILES string of the molecule is Cc1ccc(-c2noc(CCC(=O)N(C)C3(C(=O)O)CCCCC3)n2)cc1F. The maximum atomic E-state index is 13.7. The van der Waals surface area contributed by atoms with E-state index in [1.54, 1.807) is 26.1 Å². The first-order valence-electron chi connectivity index (χ1n) is 9.43. The normalized spacial score (nSPS) is 16.0. The van der Waals surface area contributed by atoms with Crippen molar-refractivity contribution in [3.63, 3.8) is 0 Å². The van der Waals surface area contributed by atoms with Gasteiger partial charge in [0.2, 0.25) is 17.6 Å². The lowest BCUT2D eigenvalue weighted by molar-refractivity contribution is -0.160. The number of nitrogens with zero attached hydrogens (tertiary/aromatic N) is 3. The lowest BCUT2D eigenvalue weighted by Crippen LogP contribution is -2.56. The third-order valence-corrected chi connectivity index (χ3v) is 5.55. The number of halogens is 1. The molecule has 0 aliphatic heterocycles. The Labute approximate surface area is 162 Å². The van der Waals surface area contributed by atoms with Crippen molar-refractivity contribution in [1.82, 2.24) is 15.0 Å². The van der Waals surface area contributed by atoms with E-state index >= 15 is 0 Å². The molecule has 1 aromatic heterocycles. The van der Waals surface area contributed by atoms with E-state index in [0.29, 0.717) is 24.0 Å². The van der Waals surface area contributed by atoms with Crippen LogP contribution in [0.4, 0.5) is 4.39 Å². The van der Waals surface area contributed by atoms with Gasteiger partial charge < -0.3 is 14.5 Å². The molecule has 0 atom stereocenters. The summed E-state index contributed by atoms with van der Waals surface area (Å²) in [6.07, 6.45) is 3.77. The number of carbonyl (C=O) groups is 2. The van der Waals surface area contributed by atoms with Gasteiger partial charge in [-0.05, 0) is 31.4 Å². The molecule has 1 aliphatic carbocycles. The van der Waals surface area contributed by atoms with E-state index in [-0.39, 0.29) is 36.3 Å². The van der Waals surface area contributed by atoms with Crippen LogP contribution in [-0.4, -0.2) is 44.6 Å². The van der Waals surface area contributed by atoms with E-state index < -0.39 is 11.5 Å². The Balaban J connectivity index is 1.65. The molecule has 0 radical (unpaired) electrons. The summed E-state index contributed by atoms with van der Waals surface area (Å²) in [6.45, 7) is 1.67. The van der Waals surface area contributed by atoms with Gasteiger partial charge in [0.25, 0.3) is 0 Å². The van der Waals surface area contributed by atoms with Crippen LogP contribution in [0.2, 0.25) is 0 Å². The van der Waals surface area contributed by atoms with Crippen molar-refractivity contribution in [2.45, 2.75) is 57.4 Å². The molecule has 150 valence electrons. The van der Waals surface area contributed by atoms with Gasteiger partial charge in [-0.25, -0.2) is 9.18 Å². The van der Waals surface area contributed by atoms with Gasteiger partial charge in [0, 0.05) is 25.5 Å². The zero-order valence-corrected chi connectivity index (χ0v) is 16.1. The zero-order chi connectivity index (χ0) is 20.3. The van der Waals surface area contributed by atoms with Crippen LogP contribution < -0.4 is 0 Å². The molecule has 7 nitrogen and oxygen atoms in total. The fourth-order valence-corrected chi connectivity index (χ4v) is 3.66. The molecule has 2 aromatic rings. The summed E-state index contributed by atoms with van der Waals surface area (Å²) < 4.78 is 18.9. The zero-order valence-electron chi connectivity index (χ0n) is 16.1. The summed E-state index contributed by atoms with van der Waals surface area (Å²) in [5, 5.41) is 13.5. The fourth-order valence-electron chi connectivity index (χ4n) is 3.66. The number of amides is 1. The number of aryl methyl sites for hydroxylation is 2. The number of rotatable bonds is 6. The second-order valence-corrected chi connectivity index (χ2v) is 7.33. The van der Waals surface area contributed by atoms with E-state index in [4.69, 9.17) is 4.52 Å². The van der Waals surface area contributed by atoms with Crippen molar-refractivity contribution in [3.8, 4) is 11.4 Å². The van der Waals surface area contributed by atoms with E-state index in [1.165, 1.54) is 11.0 Å². The molecule has 1 aliphatic rings. The molecule has 28 heavy (non-hydrogen) atoms. The van der Waals surface area contributed by atoms with Gasteiger partial charge >= 0.3 is 5.97 Å². The summed E-state index contributed by atoms with van der Waals surface area (Å²) in [4.78, 5) is 30.0. The van der Waals surface area contributed by atoms with Crippen LogP contribution >= 0.6 is 0 Å². The number of hydrogen-bond donors (Lipinski definition) is 1. The topological polar surface area (TPSA) is 96.5 Å². The average Bonchev–Trinajstić information content (AvgIpc) is 3.17. The predicted octanol–water partition coefficient (Wildman–Crippen LogP) is 3.36. The molecule has 8 heteroatoms. The van der Waals surface area contributed by atoms with Crippen LogP contribution in [-0.2, 0) is 16.0 Å². The Bertz CT molecular complexity index is 874. The van der Waals surface area contributed by atoms with Crippen molar-refractivity contribution in [3.05, 3.63) is 35.5 Å². The van der Waals surface area contributed by atoms with Crippen molar-refractivity contribution in [2.75, 3.05) is 7.05 Å². The van der Waals surface area contributed by atoms with E-state index in [2.05, 4.69) is 10.1 Å². The molecule has 3 rings (SSSR count). The van der Waals surface area contributed by atoms with Crippen LogP contribution in [0.25, 0.3) is 11.4 Å². The highest BCUT2D eigenvalue weighted by molar-refractivity contribution is 5.87. The maximum Gasteiger partial charge on any atom is 0.329 e. The molecule has 0 spiro atoms. The Morgan fingerprint density at radius 3 is 2.64 bits per heavy atom. The van der Waals surface area contributed by atoms with E-state index in [1.807, 2.05) is 0 Å². The molecule has 1 fully saturated rings. The largest absolute Gasteiger partial charge is 0.479 e. The van der Waals surface area contributed by atoms with Gasteiger partial charge in [0.15, 0.2) is 0 Å². The monoisotopic (exact) mass is 389 g/mol. The Morgan fingerprint density at radius 2 is 2.00 bits per heavy atom. The van der Waals surface area contributed by atoms with Gasteiger partial charge in [-0.3, -0.25) is 4.79 Å². The highest BCUT2D eigenvalue weighted by Gasteiger charge is 2.45. The molecule has 1 heterocycles. The first-order chi connectivity index (χ1) is 13.3. The second-order valence-electron chi connectivity index (χ2n) is 7.33. The number of aliphatic carboxylic acids is 1. The van der Waals surface area contributed by atoms with Crippen LogP contribution in [0.5, 0.6) is 0 Å². The summed E-state index contributed by atoms with van der Waals surface area (Å²) >= 11 is 0. The minimum absolute atomic E-state index is 0.0649. The Morgan fingerprint density at radius 1 is 1.29 bits per heavy atom. The first-order valence-corrected chi connectivity index (χ1v) is 9.43. The fraction of sp³-hybridized carbons (Fsp3) is 0.500. The number of carboxylic acids is 1. The van der Waals surface area contributed by atoms with Crippen molar-refractivity contribution >= 4 is 11.9 Å².